The number of phenolic OH excluding ortho intramolecular Hbond substituents is 1. The van der Waals surface area contributed by atoms with Crippen LogP contribution in [0.4, 0.5) is 11.4 Å². The van der Waals surface area contributed by atoms with Gasteiger partial charge in [0.15, 0.2) is 5.69 Å². The number of nitrogens with two attached hydrogens (primary N) is 2. The molecular formula is C22H22N4O3. The second-order valence-electron chi connectivity index (χ2n) is 6.85. The molecule has 7 nitrogen and oxygen atoms in total. The van der Waals surface area contributed by atoms with Crippen molar-refractivity contribution in [2.24, 2.45) is 5.73 Å². The number of phenols is 1. The zero-order valence-corrected chi connectivity index (χ0v) is 16.4. The third kappa shape index (κ3) is 3.89. The molecule has 0 aliphatic heterocycles. The Labute approximate surface area is 168 Å². The van der Waals surface area contributed by atoms with Gasteiger partial charge in [-0.25, -0.2) is 4.98 Å². The number of carbonyl (C=O) groups is 2. The average molecular weight is 390 g/mol. The third-order valence-corrected chi connectivity index (χ3v) is 4.68. The Bertz CT molecular complexity index is 1140. The SMILES string of the molecule is CC(=O)Nc1cccc(-c2cc(-c3c(C)ccc(O)c3C)c(N)c(C(N)=O)n2)c1. The maximum Gasteiger partial charge on any atom is 0.269 e. The van der Waals surface area contributed by atoms with E-state index in [1.54, 1.807) is 49.4 Å². The highest BCUT2D eigenvalue weighted by atomic mass is 16.3. The van der Waals surface area contributed by atoms with Crippen LogP contribution >= 0.6 is 0 Å². The number of amides is 2. The molecule has 2 amide bonds. The van der Waals surface area contributed by atoms with Crippen molar-refractivity contribution in [3.05, 3.63) is 59.3 Å². The van der Waals surface area contributed by atoms with Gasteiger partial charge in [0.2, 0.25) is 5.91 Å². The van der Waals surface area contributed by atoms with Crippen LogP contribution in [0.25, 0.3) is 22.4 Å². The summed E-state index contributed by atoms with van der Waals surface area (Å²) in [5, 5.41) is 12.9. The van der Waals surface area contributed by atoms with Gasteiger partial charge in [0.05, 0.1) is 11.4 Å². The molecule has 1 heterocycles. The zero-order valence-electron chi connectivity index (χ0n) is 16.4. The summed E-state index contributed by atoms with van der Waals surface area (Å²) < 4.78 is 0. The predicted octanol–water partition coefficient (Wildman–Crippen LogP) is 3.38. The molecule has 0 unspecified atom stereocenters. The minimum atomic E-state index is -0.751. The number of anilines is 2. The van der Waals surface area contributed by atoms with Gasteiger partial charge in [-0.1, -0.05) is 18.2 Å². The summed E-state index contributed by atoms with van der Waals surface area (Å²) in [5.74, 6) is -0.826. The predicted molar refractivity (Wildman–Crippen MR) is 113 cm³/mol. The van der Waals surface area contributed by atoms with Crippen molar-refractivity contribution in [3.8, 4) is 28.1 Å². The Morgan fingerprint density at radius 3 is 2.48 bits per heavy atom. The number of rotatable bonds is 4. The van der Waals surface area contributed by atoms with Crippen molar-refractivity contribution in [1.29, 1.82) is 0 Å². The van der Waals surface area contributed by atoms with Gasteiger partial charge in [-0.05, 0) is 54.8 Å². The number of primary amides is 1. The van der Waals surface area contributed by atoms with Crippen LogP contribution in [0.1, 0.15) is 28.5 Å². The van der Waals surface area contributed by atoms with Gasteiger partial charge in [0.1, 0.15) is 5.75 Å². The number of pyridine rings is 1. The van der Waals surface area contributed by atoms with Gasteiger partial charge < -0.3 is 21.9 Å². The molecule has 3 aromatic rings. The first-order valence-corrected chi connectivity index (χ1v) is 8.97. The molecule has 1 aromatic heterocycles. The maximum atomic E-state index is 12.0. The molecule has 7 heteroatoms. The smallest absolute Gasteiger partial charge is 0.269 e. The van der Waals surface area contributed by atoms with E-state index in [4.69, 9.17) is 11.5 Å². The van der Waals surface area contributed by atoms with Crippen molar-refractivity contribution in [2.45, 2.75) is 20.8 Å². The molecule has 0 aliphatic rings. The molecule has 29 heavy (non-hydrogen) atoms. The Kier molecular flexibility index (Phi) is 5.23. The largest absolute Gasteiger partial charge is 0.508 e. The highest BCUT2D eigenvalue weighted by Gasteiger charge is 2.20. The van der Waals surface area contributed by atoms with Crippen molar-refractivity contribution in [3.63, 3.8) is 0 Å². The maximum absolute atomic E-state index is 12.0. The summed E-state index contributed by atoms with van der Waals surface area (Å²) in [6.07, 6.45) is 0. The van der Waals surface area contributed by atoms with Crippen molar-refractivity contribution in [1.82, 2.24) is 4.98 Å². The minimum absolute atomic E-state index is 0.0513. The Morgan fingerprint density at radius 2 is 1.83 bits per heavy atom. The number of nitrogen functional groups attached to an aromatic ring is 1. The highest BCUT2D eigenvalue weighted by molar-refractivity contribution is 6.01. The lowest BCUT2D eigenvalue weighted by molar-refractivity contribution is -0.114. The van der Waals surface area contributed by atoms with Gasteiger partial charge in [-0.15, -0.1) is 0 Å². The molecule has 6 N–H and O–H groups in total. The molecule has 0 saturated carbocycles. The molecule has 148 valence electrons. The molecule has 0 fully saturated rings. The highest BCUT2D eigenvalue weighted by Crippen LogP contribution is 2.38. The summed E-state index contributed by atoms with van der Waals surface area (Å²) in [4.78, 5) is 27.7. The molecule has 0 bridgehead atoms. The third-order valence-electron chi connectivity index (χ3n) is 4.68. The van der Waals surface area contributed by atoms with Gasteiger partial charge in [-0.2, -0.15) is 0 Å². The van der Waals surface area contributed by atoms with Crippen LogP contribution in [0, 0.1) is 13.8 Å². The lowest BCUT2D eigenvalue weighted by atomic mass is 9.92. The number of aromatic nitrogens is 1. The fourth-order valence-corrected chi connectivity index (χ4v) is 3.31. The first kappa shape index (κ1) is 19.9. The Balaban J connectivity index is 2.28. The second-order valence-corrected chi connectivity index (χ2v) is 6.85. The van der Waals surface area contributed by atoms with Crippen molar-refractivity contribution in [2.75, 3.05) is 11.1 Å². The zero-order chi connectivity index (χ0) is 21.3. The molecule has 0 spiro atoms. The van der Waals surface area contributed by atoms with E-state index in [0.29, 0.717) is 33.6 Å². The van der Waals surface area contributed by atoms with E-state index >= 15 is 0 Å². The van der Waals surface area contributed by atoms with Crippen molar-refractivity contribution >= 4 is 23.2 Å². The van der Waals surface area contributed by atoms with Gasteiger partial charge in [0.25, 0.3) is 5.91 Å². The number of benzene rings is 2. The molecule has 0 radical (unpaired) electrons. The van der Waals surface area contributed by atoms with Crippen molar-refractivity contribution < 1.29 is 14.7 Å². The number of hydrogen-bond donors (Lipinski definition) is 4. The summed E-state index contributed by atoms with van der Waals surface area (Å²) in [5.41, 5.74) is 16.4. The fourth-order valence-electron chi connectivity index (χ4n) is 3.31. The molecule has 0 atom stereocenters. The van der Waals surface area contributed by atoms with Gasteiger partial charge in [-0.3, -0.25) is 9.59 Å². The summed E-state index contributed by atoms with van der Waals surface area (Å²) >= 11 is 0. The number of nitrogens with one attached hydrogen (secondary N) is 1. The lowest BCUT2D eigenvalue weighted by Crippen LogP contribution is -2.17. The molecule has 2 aromatic carbocycles. The van der Waals surface area contributed by atoms with E-state index in [1.165, 1.54) is 6.92 Å². The number of aromatic hydroxyl groups is 1. The van der Waals surface area contributed by atoms with Crippen LogP contribution < -0.4 is 16.8 Å². The van der Waals surface area contributed by atoms with Crippen LogP contribution in [0.2, 0.25) is 0 Å². The topological polar surface area (TPSA) is 131 Å². The molecule has 0 aliphatic carbocycles. The van der Waals surface area contributed by atoms with E-state index < -0.39 is 5.91 Å². The van der Waals surface area contributed by atoms with Gasteiger partial charge in [0, 0.05) is 23.7 Å². The first-order valence-electron chi connectivity index (χ1n) is 8.97. The standard InChI is InChI=1S/C22H22N4O3/c1-11-7-8-18(28)12(2)19(11)16-10-17(26-21(20(16)23)22(24)29)14-5-4-6-15(9-14)25-13(3)27/h4-10,28H,23H2,1-3H3,(H2,24,29)(H,25,27). The summed E-state index contributed by atoms with van der Waals surface area (Å²) in [7, 11) is 0. The number of hydrogen-bond acceptors (Lipinski definition) is 5. The van der Waals surface area contributed by atoms with E-state index in [-0.39, 0.29) is 23.0 Å². The van der Waals surface area contributed by atoms with E-state index in [1.807, 2.05) is 6.92 Å². The first-order chi connectivity index (χ1) is 13.7. The van der Waals surface area contributed by atoms with Crippen LogP contribution in [-0.4, -0.2) is 21.9 Å². The summed E-state index contributed by atoms with van der Waals surface area (Å²) in [6, 6.07) is 12.2. The van der Waals surface area contributed by atoms with E-state index in [2.05, 4.69) is 10.3 Å². The number of aryl methyl sites for hydroxylation is 1. The molecular weight excluding hydrogens is 368 g/mol. The van der Waals surface area contributed by atoms with E-state index in [9.17, 15) is 14.7 Å². The minimum Gasteiger partial charge on any atom is -0.508 e. The number of nitrogens with zero attached hydrogens (tertiary/aromatic N) is 1. The number of carbonyl (C=O) groups excluding carboxylic acids is 2. The van der Waals surface area contributed by atoms with Crippen LogP contribution in [0.15, 0.2) is 42.5 Å². The van der Waals surface area contributed by atoms with E-state index in [0.717, 1.165) is 5.56 Å². The average Bonchev–Trinajstić information content (AvgIpc) is 2.65. The molecule has 3 rings (SSSR count). The Morgan fingerprint density at radius 1 is 1.10 bits per heavy atom. The fraction of sp³-hybridized carbons (Fsp3) is 0.136. The van der Waals surface area contributed by atoms with Crippen LogP contribution in [0.5, 0.6) is 5.75 Å². The van der Waals surface area contributed by atoms with Crippen LogP contribution in [-0.2, 0) is 4.79 Å². The second kappa shape index (κ2) is 7.63. The van der Waals surface area contributed by atoms with Crippen LogP contribution in [0.3, 0.4) is 0 Å². The quantitative estimate of drug-likeness (QED) is 0.542. The Hall–Kier alpha value is -3.87. The normalized spacial score (nSPS) is 10.6. The summed E-state index contributed by atoms with van der Waals surface area (Å²) in [6.45, 7) is 5.09. The molecule has 0 saturated heterocycles. The van der Waals surface area contributed by atoms with Gasteiger partial charge >= 0.3 is 0 Å². The monoisotopic (exact) mass is 390 g/mol. The lowest BCUT2D eigenvalue weighted by Gasteiger charge is -2.17.